The molecule has 2 N–H and O–H groups in total. The van der Waals surface area contributed by atoms with Gasteiger partial charge >= 0.3 is 5.97 Å². The van der Waals surface area contributed by atoms with E-state index in [-0.39, 0.29) is 31.6 Å². The zero-order valence-corrected chi connectivity index (χ0v) is 7.87. The van der Waals surface area contributed by atoms with Gasteiger partial charge in [0.15, 0.2) is 0 Å². The maximum absolute atomic E-state index is 10.9. The van der Waals surface area contributed by atoms with Crippen molar-refractivity contribution < 1.29 is 19.4 Å². The van der Waals surface area contributed by atoms with Crippen molar-refractivity contribution in [1.82, 2.24) is 5.32 Å². The summed E-state index contributed by atoms with van der Waals surface area (Å²) in [4.78, 5) is 21.0. The van der Waals surface area contributed by atoms with Crippen molar-refractivity contribution in [1.29, 1.82) is 0 Å². The van der Waals surface area contributed by atoms with E-state index in [4.69, 9.17) is 9.84 Å². The number of hydrogen-bond donors (Lipinski definition) is 2. The van der Waals surface area contributed by atoms with Crippen LogP contribution in [0.1, 0.15) is 20.3 Å². The van der Waals surface area contributed by atoms with Crippen LogP contribution < -0.4 is 5.32 Å². The molecule has 0 fully saturated rings. The molecule has 0 aliphatic rings. The summed E-state index contributed by atoms with van der Waals surface area (Å²) < 4.78 is 5.00. The van der Waals surface area contributed by atoms with E-state index in [1.807, 2.05) is 13.8 Å². The lowest BCUT2D eigenvalue weighted by molar-refractivity contribution is -0.137. The van der Waals surface area contributed by atoms with Gasteiger partial charge in [-0.3, -0.25) is 9.59 Å². The van der Waals surface area contributed by atoms with Gasteiger partial charge < -0.3 is 15.2 Å². The van der Waals surface area contributed by atoms with Crippen molar-refractivity contribution >= 4 is 11.9 Å². The third-order valence-corrected chi connectivity index (χ3v) is 1.21. The van der Waals surface area contributed by atoms with E-state index >= 15 is 0 Å². The fourth-order valence-corrected chi connectivity index (χ4v) is 0.602. The summed E-state index contributed by atoms with van der Waals surface area (Å²) in [5.74, 6) is -1.21. The average molecular weight is 189 g/mol. The lowest BCUT2D eigenvalue weighted by Gasteiger charge is -2.07. The molecule has 0 saturated carbocycles. The topological polar surface area (TPSA) is 75.6 Å². The molecule has 76 valence electrons. The molecule has 0 heterocycles. The van der Waals surface area contributed by atoms with Gasteiger partial charge in [-0.25, -0.2) is 0 Å². The number of rotatable bonds is 6. The normalized spacial score (nSPS) is 10.1. The Balaban J connectivity index is 3.35. The van der Waals surface area contributed by atoms with Crippen LogP contribution in [0.25, 0.3) is 0 Å². The van der Waals surface area contributed by atoms with E-state index in [1.165, 1.54) is 0 Å². The lowest BCUT2D eigenvalue weighted by Crippen LogP contribution is -2.30. The molecule has 5 heteroatoms. The van der Waals surface area contributed by atoms with Gasteiger partial charge in [0.05, 0.1) is 12.5 Å². The van der Waals surface area contributed by atoms with Crippen LogP contribution in [0.15, 0.2) is 0 Å². The number of amides is 1. The van der Waals surface area contributed by atoms with Crippen LogP contribution in [-0.2, 0) is 14.3 Å². The number of aliphatic carboxylic acids is 1. The fourth-order valence-electron chi connectivity index (χ4n) is 0.602. The summed E-state index contributed by atoms with van der Waals surface area (Å²) in [6.45, 7) is 3.78. The molecule has 0 unspecified atom stereocenters. The van der Waals surface area contributed by atoms with Crippen LogP contribution >= 0.6 is 0 Å². The highest BCUT2D eigenvalue weighted by molar-refractivity contribution is 5.77. The largest absolute Gasteiger partial charge is 0.481 e. The predicted octanol–water partition coefficient (Wildman–Crippen LogP) is 0.00230. The molecule has 0 aromatic carbocycles. The summed E-state index contributed by atoms with van der Waals surface area (Å²) in [5.41, 5.74) is 0. The van der Waals surface area contributed by atoms with Crippen LogP contribution in [0.2, 0.25) is 0 Å². The van der Waals surface area contributed by atoms with Gasteiger partial charge in [-0.2, -0.15) is 0 Å². The standard InChI is InChI=1S/C8H15NO4/c1-6(2)13-5-7(10)9-4-3-8(11)12/h6H,3-5H2,1-2H3,(H,9,10)(H,11,12). The Labute approximate surface area is 77.1 Å². The van der Waals surface area contributed by atoms with E-state index in [9.17, 15) is 9.59 Å². The Morgan fingerprint density at radius 3 is 2.54 bits per heavy atom. The molecule has 0 aromatic rings. The number of hydrogen-bond acceptors (Lipinski definition) is 3. The first-order valence-electron chi connectivity index (χ1n) is 4.12. The van der Waals surface area contributed by atoms with Gasteiger partial charge in [-0.1, -0.05) is 0 Å². The number of carboxylic acid groups (broad SMARTS) is 1. The molecule has 0 saturated heterocycles. The molecule has 0 atom stereocenters. The molecular formula is C8H15NO4. The third-order valence-electron chi connectivity index (χ3n) is 1.21. The highest BCUT2D eigenvalue weighted by atomic mass is 16.5. The highest BCUT2D eigenvalue weighted by Gasteiger charge is 2.03. The number of nitrogens with one attached hydrogen (secondary N) is 1. The predicted molar refractivity (Wildman–Crippen MR) is 46.4 cm³/mol. The average Bonchev–Trinajstić information content (AvgIpc) is 2.00. The van der Waals surface area contributed by atoms with Gasteiger partial charge in [-0.15, -0.1) is 0 Å². The number of carbonyl (C=O) groups excluding carboxylic acids is 1. The maximum Gasteiger partial charge on any atom is 0.305 e. The minimum Gasteiger partial charge on any atom is -0.481 e. The van der Waals surface area contributed by atoms with Crippen LogP contribution in [0.4, 0.5) is 0 Å². The van der Waals surface area contributed by atoms with Crippen molar-refractivity contribution in [3.05, 3.63) is 0 Å². The van der Waals surface area contributed by atoms with Crippen LogP contribution in [0.5, 0.6) is 0 Å². The third kappa shape index (κ3) is 8.81. The maximum atomic E-state index is 10.9. The van der Waals surface area contributed by atoms with E-state index in [2.05, 4.69) is 5.32 Å². The van der Waals surface area contributed by atoms with E-state index in [0.29, 0.717) is 0 Å². The zero-order valence-electron chi connectivity index (χ0n) is 7.87. The molecule has 0 bridgehead atoms. The van der Waals surface area contributed by atoms with Crippen molar-refractivity contribution in [2.45, 2.75) is 26.4 Å². The SMILES string of the molecule is CC(C)OCC(=O)NCCC(=O)O. The van der Waals surface area contributed by atoms with Gasteiger partial charge in [0.25, 0.3) is 0 Å². The Morgan fingerprint density at radius 1 is 1.46 bits per heavy atom. The fraction of sp³-hybridized carbons (Fsp3) is 0.750. The first kappa shape index (κ1) is 11.9. The second kappa shape index (κ2) is 6.42. The molecular weight excluding hydrogens is 174 g/mol. The minimum absolute atomic E-state index is 0.00484. The van der Waals surface area contributed by atoms with Gasteiger partial charge in [0, 0.05) is 6.54 Å². The minimum atomic E-state index is -0.926. The van der Waals surface area contributed by atoms with Crippen molar-refractivity contribution in [3.8, 4) is 0 Å². The molecule has 1 amide bonds. The van der Waals surface area contributed by atoms with E-state index < -0.39 is 5.97 Å². The van der Waals surface area contributed by atoms with Crippen molar-refractivity contribution in [2.75, 3.05) is 13.2 Å². The Hall–Kier alpha value is -1.10. The smallest absolute Gasteiger partial charge is 0.305 e. The second-order valence-electron chi connectivity index (χ2n) is 2.85. The summed E-state index contributed by atoms with van der Waals surface area (Å²) in [6.07, 6.45) is -0.0572. The monoisotopic (exact) mass is 189 g/mol. The number of carboxylic acids is 1. The lowest BCUT2D eigenvalue weighted by atomic mass is 10.4. The summed E-state index contributed by atoms with van der Waals surface area (Å²) >= 11 is 0. The Morgan fingerprint density at radius 2 is 2.08 bits per heavy atom. The summed E-state index contributed by atoms with van der Waals surface area (Å²) in [6, 6.07) is 0. The number of ether oxygens (including phenoxy) is 1. The summed E-state index contributed by atoms with van der Waals surface area (Å²) in [7, 11) is 0. The van der Waals surface area contributed by atoms with Gasteiger partial charge in [0.1, 0.15) is 6.61 Å². The first-order valence-corrected chi connectivity index (χ1v) is 4.12. The molecule has 0 aliphatic heterocycles. The van der Waals surface area contributed by atoms with Crippen molar-refractivity contribution in [3.63, 3.8) is 0 Å². The van der Waals surface area contributed by atoms with Gasteiger partial charge in [0.2, 0.25) is 5.91 Å². The molecule has 0 radical (unpaired) electrons. The molecule has 0 aliphatic carbocycles. The van der Waals surface area contributed by atoms with E-state index in [0.717, 1.165) is 0 Å². The van der Waals surface area contributed by atoms with Crippen LogP contribution in [0, 0.1) is 0 Å². The van der Waals surface area contributed by atoms with Gasteiger partial charge in [-0.05, 0) is 13.8 Å². The number of carbonyl (C=O) groups is 2. The zero-order chi connectivity index (χ0) is 10.3. The molecule has 13 heavy (non-hydrogen) atoms. The van der Waals surface area contributed by atoms with Crippen LogP contribution in [0.3, 0.4) is 0 Å². The van der Waals surface area contributed by atoms with Crippen LogP contribution in [-0.4, -0.2) is 36.2 Å². The summed E-state index contributed by atoms with van der Waals surface area (Å²) in [5, 5.41) is 10.7. The highest BCUT2D eigenvalue weighted by Crippen LogP contribution is 1.86. The second-order valence-corrected chi connectivity index (χ2v) is 2.85. The molecule has 0 aromatic heterocycles. The Bertz CT molecular complexity index is 179. The molecule has 0 spiro atoms. The molecule has 0 rings (SSSR count). The quantitative estimate of drug-likeness (QED) is 0.616. The molecule has 5 nitrogen and oxygen atoms in total. The Kier molecular flexibility index (Phi) is 5.88. The first-order chi connectivity index (χ1) is 6.02. The van der Waals surface area contributed by atoms with Crippen molar-refractivity contribution in [2.24, 2.45) is 0 Å². The van der Waals surface area contributed by atoms with E-state index in [1.54, 1.807) is 0 Å².